The van der Waals surface area contributed by atoms with Gasteiger partial charge < -0.3 is 9.05 Å². The molecule has 1 unspecified atom stereocenters. The van der Waals surface area contributed by atoms with Crippen molar-refractivity contribution < 1.29 is 18.2 Å². The van der Waals surface area contributed by atoms with Gasteiger partial charge in [0, 0.05) is 0 Å². The zero-order valence-electron chi connectivity index (χ0n) is 11.8. The Bertz CT molecular complexity index is 329. The Balaban J connectivity index is 5.48. The van der Waals surface area contributed by atoms with Crippen molar-refractivity contribution in [1.29, 1.82) is 0 Å². The second-order valence-electron chi connectivity index (χ2n) is 3.97. The molecule has 0 spiro atoms. The minimum absolute atomic E-state index is 0.182. The highest BCUT2D eigenvalue weighted by Gasteiger charge is 2.50. The lowest BCUT2D eigenvalue weighted by Crippen LogP contribution is -2.27. The Morgan fingerprint density at radius 2 is 1.33 bits per heavy atom. The molecule has 0 aromatic carbocycles. The van der Waals surface area contributed by atoms with Gasteiger partial charge in [-0.1, -0.05) is 11.6 Å². The molecule has 0 heterocycles. The maximum Gasteiger partial charge on any atom is 0.358 e. The number of nitrogens with zero attached hydrogens (tertiary/aromatic N) is 2. The first-order chi connectivity index (χ1) is 8.16. The van der Waals surface area contributed by atoms with E-state index in [1.165, 1.54) is 9.34 Å². The van der Waals surface area contributed by atoms with E-state index in [1.807, 2.05) is 0 Å². The van der Waals surface area contributed by atoms with E-state index < -0.39 is 19.9 Å². The number of hydrogen-bond donors (Lipinski definition) is 0. The van der Waals surface area contributed by atoms with E-state index in [-0.39, 0.29) is 13.2 Å². The minimum atomic E-state index is -3.62. The van der Waals surface area contributed by atoms with Gasteiger partial charge in [0.15, 0.2) is 0 Å². The summed E-state index contributed by atoms with van der Waals surface area (Å²) in [6.07, 6.45) is 0. The van der Waals surface area contributed by atoms with E-state index in [0.717, 1.165) is 0 Å². The summed E-state index contributed by atoms with van der Waals surface area (Å²) in [5.74, 6) is 0. The van der Waals surface area contributed by atoms with Crippen molar-refractivity contribution in [1.82, 2.24) is 9.34 Å². The molecule has 0 fully saturated rings. The van der Waals surface area contributed by atoms with E-state index in [9.17, 15) is 9.13 Å². The summed E-state index contributed by atoms with van der Waals surface area (Å²) in [4.78, 5) is -1.23. The molecule has 18 heavy (non-hydrogen) atoms. The third-order valence-electron chi connectivity index (χ3n) is 2.30. The van der Waals surface area contributed by atoms with Crippen LogP contribution in [-0.4, -0.2) is 55.6 Å². The minimum Gasteiger partial charge on any atom is -0.307 e. The number of hydrogen-bond acceptors (Lipinski definition) is 4. The third-order valence-corrected chi connectivity index (χ3v) is 10.1. The highest BCUT2D eigenvalue weighted by atomic mass is 35.5. The van der Waals surface area contributed by atoms with E-state index in [1.54, 1.807) is 42.0 Å². The van der Waals surface area contributed by atoms with Crippen molar-refractivity contribution in [2.24, 2.45) is 0 Å². The fourth-order valence-corrected chi connectivity index (χ4v) is 8.46. The monoisotopic (exact) mass is 320 g/mol. The lowest BCUT2D eigenvalue weighted by Gasteiger charge is -2.36. The van der Waals surface area contributed by atoms with Crippen LogP contribution < -0.4 is 0 Å². The van der Waals surface area contributed by atoms with Gasteiger partial charge in [-0.15, -0.1) is 0 Å². The largest absolute Gasteiger partial charge is 0.358 e. The summed E-state index contributed by atoms with van der Waals surface area (Å²) in [6.45, 7) is 3.74. The van der Waals surface area contributed by atoms with Crippen LogP contribution in [0.4, 0.5) is 0 Å². The molecule has 0 bridgehead atoms. The summed E-state index contributed by atoms with van der Waals surface area (Å²) < 4.78 is 38.7. The second-order valence-corrected chi connectivity index (χ2v) is 10.8. The molecule has 0 rings (SSSR count). The van der Waals surface area contributed by atoms with Crippen molar-refractivity contribution in [3.05, 3.63) is 0 Å². The normalized spacial score (nSPS) is 15.4. The van der Waals surface area contributed by atoms with Crippen LogP contribution in [0.1, 0.15) is 13.8 Å². The molecule has 9 heteroatoms. The van der Waals surface area contributed by atoms with Crippen LogP contribution in [0, 0.1) is 0 Å². The Hall–Kier alpha value is 0.590. The van der Waals surface area contributed by atoms with E-state index in [2.05, 4.69) is 0 Å². The number of alkyl halides is 1. The van der Waals surface area contributed by atoms with Crippen molar-refractivity contribution in [2.45, 2.75) is 18.7 Å². The predicted octanol–water partition coefficient (Wildman–Crippen LogP) is 3.09. The molecule has 1 atom stereocenters. The molecule has 6 nitrogen and oxygen atoms in total. The first-order valence-electron chi connectivity index (χ1n) is 5.65. The van der Waals surface area contributed by atoms with Crippen LogP contribution in [0.25, 0.3) is 0 Å². The molecule has 0 saturated carbocycles. The fourth-order valence-electron chi connectivity index (χ4n) is 1.44. The summed E-state index contributed by atoms with van der Waals surface area (Å²) in [6, 6.07) is 0. The smallest absolute Gasteiger partial charge is 0.307 e. The lowest BCUT2D eigenvalue weighted by molar-refractivity contribution is 0.220. The van der Waals surface area contributed by atoms with Crippen LogP contribution in [0.15, 0.2) is 0 Å². The topological polar surface area (TPSA) is 59.1 Å². The van der Waals surface area contributed by atoms with Gasteiger partial charge in [0.2, 0.25) is 12.3 Å². The van der Waals surface area contributed by atoms with E-state index >= 15 is 0 Å². The molecule has 0 N–H and O–H groups in total. The highest BCUT2D eigenvalue weighted by molar-refractivity contribution is 7.77. The van der Waals surface area contributed by atoms with Gasteiger partial charge in [-0.2, -0.15) is 0 Å². The van der Waals surface area contributed by atoms with Crippen LogP contribution in [0.5, 0.6) is 0 Å². The predicted molar refractivity (Wildman–Crippen MR) is 75.5 cm³/mol. The maximum absolute atomic E-state index is 12.9. The molecule has 110 valence electrons. The Morgan fingerprint density at radius 3 is 1.56 bits per heavy atom. The van der Waals surface area contributed by atoms with Gasteiger partial charge in [0.05, 0.1) is 13.2 Å². The SMILES string of the molecule is CCOP(=O)(OCC)C(Cl)P(=O)(N(C)C)N(C)C. The zero-order chi connectivity index (χ0) is 14.6. The maximum atomic E-state index is 12.9. The van der Waals surface area contributed by atoms with Gasteiger partial charge >= 0.3 is 7.60 Å². The molecule has 0 aliphatic carbocycles. The van der Waals surface area contributed by atoms with Gasteiger partial charge in [0.25, 0.3) is 0 Å². The second kappa shape index (κ2) is 7.39. The third kappa shape index (κ3) is 3.80. The zero-order valence-corrected chi connectivity index (χ0v) is 14.3. The highest BCUT2D eigenvalue weighted by Crippen LogP contribution is 2.72. The summed E-state index contributed by atoms with van der Waals surface area (Å²) in [7, 11) is -0.343. The van der Waals surface area contributed by atoms with Crippen LogP contribution in [-0.2, 0) is 18.2 Å². The molecular weight excluding hydrogens is 298 g/mol. The van der Waals surface area contributed by atoms with Crippen LogP contribution in [0.2, 0.25) is 0 Å². The Kier molecular flexibility index (Phi) is 7.64. The average Bonchev–Trinajstić information content (AvgIpc) is 2.26. The van der Waals surface area contributed by atoms with Crippen LogP contribution in [0.3, 0.4) is 0 Å². The van der Waals surface area contributed by atoms with Crippen molar-refractivity contribution in [3.8, 4) is 0 Å². The quantitative estimate of drug-likeness (QED) is 0.506. The van der Waals surface area contributed by atoms with Crippen LogP contribution >= 0.6 is 26.6 Å². The molecule has 0 aliphatic rings. The van der Waals surface area contributed by atoms with Gasteiger partial charge in [-0.05, 0) is 42.0 Å². The first kappa shape index (κ1) is 18.6. The molecule has 0 amide bonds. The van der Waals surface area contributed by atoms with Crippen molar-refractivity contribution >= 4 is 26.6 Å². The van der Waals surface area contributed by atoms with Gasteiger partial charge in [0.1, 0.15) is 0 Å². The number of rotatable bonds is 8. The lowest BCUT2D eigenvalue weighted by atomic mass is 10.9. The molecule has 0 aromatic heterocycles. The summed E-state index contributed by atoms with van der Waals surface area (Å²) in [5.41, 5.74) is 0. The van der Waals surface area contributed by atoms with Crippen molar-refractivity contribution in [3.63, 3.8) is 0 Å². The molecule has 0 radical (unpaired) electrons. The summed E-state index contributed by atoms with van der Waals surface area (Å²) in [5, 5.41) is 0. The van der Waals surface area contributed by atoms with Gasteiger partial charge in [-0.3, -0.25) is 9.13 Å². The summed E-state index contributed by atoms with van der Waals surface area (Å²) >= 11 is 6.18. The molecule has 0 saturated heterocycles. The van der Waals surface area contributed by atoms with E-state index in [0.29, 0.717) is 0 Å². The van der Waals surface area contributed by atoms with E-state index in [4.69, 9.17) is 20.6 Å². The molecule has 0 aliphatic heterocycles. The molecular formula is C9H23ClN2O4P2. The standard InChI is InChI=1S/C9H23ClN2O4P2/c1-7-15-18(14,16-8-2)9(10)17(13,11(3)4)12(5)6/h9H,7-8H2,1-6H3. The van der Waals surface area contributed by atoms with Gasteiger partial charge in [-0.25, -0.2) is 9.34 Å². The molecule has 0 aromatic rings. The fraction of sp³-hybridized carbons (Fsp3) is 1.00. The Morgan fingerprint density at radius 1 is 1.00 bits per heavy atom. The van der Waals surface area contributed by atoms with Crippen molar-refractivity contribution in [2.75, 3.05) is 41.4 Å². The average molecular weight is 321 g/mol. The Labute approximate surface area is 115 Å². The number of halogens is 1. The first-order valence-corrected chi connectivity index (χ1v) is 9.38.